The SMILES string of the molecule is O=C(O)N1CCC[C@@H]2C(OCc3ccccc3)CC[C@@H]21. The van der Waals surface area contributed by atoms with E-state index in [0.29, 0.717) is 19.1 Å². The van der Waals surface area contributed by atoms with E-state index in [-0.39, 0.29) is 12.1 Å². The van der Waals surface area contributed by atoms with Gasteiger partial charge >= 0.3 is 6.09 Å². The summed E-state index contributed by atoms with van der Waals surface area (Å²) in [6, 6.07) is 10.3. The highest BCUT2D eigenvalue weighted by molar-refractivity contribution is 5.65. The van der Waals surface area contributed by atoms with Gasteiger partial charge in [-0.3, -0.25) is 0 Å². The Balaban J connectivity index is 1.60. The molecule has 1 aliphatic heterocycles. The molecule has 4 nitrogen and oxygen atoms in total. The predicted octanol–water partition coefficient (Wildman–Crippen LogP) is 3.12. The second kappa shape index (κ2) is 5.83. The molecule has 1 unspecified atom stereocenters. The lowest BCUT2D eigenvalue weighted by Gasteiger charge is -2.37. The third kappa shape index (κ3) is 2.66. The number of piperidine rings is 1. The van der Waals surface area contributed by atoms with Crippen molar-refractivity contribution in [2.24, 2.45) is 5.92 Å². The van der Waals surface area contributed by atoms with E-state index in [4.69, 9.17) is 4.74 Å². The van der Waals surface area contributed by atoms with Crippen molar-refractivity contribution < 1.29 is 14.6 Å². The molecule has 1 aromatic rings. The lowest BCUT2D eigenvalue weighted by molar-refractivity contribution is -0.0111. The summed E-state index contributed by atoms with van der Waals surface area (Å²) < 4.78 is 6.07. The maximum Gasteiger partial charge on any atom is 0.407 e. The highest BCUT2D eigenvalue weighted by Crippen LogP contribution is 2.39. The van der Waals surface area contributed by atoms with Gasteiger partial charge in [0.05, 0.1) is 12.7 Å². The lowest BCUT2D eigenvalue weighted by Crippen LogP contribution is -2.47. The highest BCUT2D eigenvalue weighted by atomic mass is 16.5. The zero-order valence-electron chi connectivity index (χ0n) is 11.6. The lowest BCUT2D eigenvalue weighted by atomic mass is 9.91. The van der Waals surface area contributed by atoms with Gasteiger partial charge in [0, 0.05) is 18.5 Å². The number of nitrogens with zero attached hydrogens (tertiary/aromatic N) is 1. The number of rotatable bonds is 3. The van der Waals surface area contributed by atoms with Crippen LogP contribution in [0.4, 0.5) is 4.79 Å². The van der Waals surface area contributed by atoms with Crippen LogP contribution in [0, 0.1) is 5.92 Å². The first-order valence-electron chi connectivity index (χ1n) is 7.41. The van der Waals surface area contributed by atoms with Gasteiger partial charge in [-0.05, 0) is 31.2 Å². The Morgan fingerprint density at radius 2 is 2.05 bits per heavy atom. The standard InChI is InChI=1S/C16H21NO3/c18-16(19)17-10-4-7-13-14(17)8-9-15(13)20-11-12-5-2-1-3-6-12/h1-3,5-6,13-15H,4,7-11H2,(H,18,19)/t13-,14-,15?/m0/s1. The fourth-order valence-electron chi connectivity index (χ4n) is 3.66. The van der Waals surface area contributed by atoms with E-state index in [1.165, 1.54) is 5.56 Å². The van der Waals surface area contributed by atoms with Gasteiger partial charge in [-0.2, -0.15) is 0 Å². The van der Waals surface area contributed by atoms with Crippen LogP contribution < -0.4 is 0 Å². The Kier molecular flexibility index (Phi) is 3.92. The molecule has 20 heavy (non-hydrogen) atoms. The van der Waals surface area contributed by atoms with Gasteiger partial charge in [-0.1, -0.05) is 30.3 Å². The van der Waals surface area contributed by atoms with Crippen LogP contribution in [0.15, 0.2) is 30.3 Å². The second-order valence-electron chi connectivity index (χ2n) is 5.76. The largest absolute Gasteiger partial charge is 0.465 e. The molecule has 1 saturated carbocycles. The molecule has 0 aromatic heterocycles. The van der Waals surface area contributed by atoms with Crippen LogP contribution in [0.5, 0.6) is 0 Å². The summed E-state index contributed by atoms with van der Waals surface area (Å²) in [4.78, 5) is 12.9. The van der Waals surface area contributed by atoms with Crippen molar-refractivity contribution >= 4 is 6.09 Å². The minimum atomic E-state index is -0.775. The van der Waals surface area contributed by atoms with Crippen LogP contribution in [-0.4, -0.2) is 34.8 Å². The Morgan fingerprint density at radius 1 is 1.25 bits per heavy atom. The summed E-state index contributed by atoms with van der Waals surface area (Å²) in [7, 11) is 0. The van der Waals surface area contributed by atoms with Crippen molar-refractivity contribution in [1.29, 1.82) is 0 Å². The van der Waals surface area contributed by atoms with Gasteiger partial charge in [0.15, 0.2) is 0 Å². The summed E-state index contributed by atoms with van der Waals surface area (Å²) >= 11 is 0. The van der Waals surface area contributed by atoms with Gasteiger partial charge < -0.3 is 14.7 Å². The van der Waals surface area contributed by atoms with E-state index in [0.717, 1.165) is 25.7 Å². The number of carbonyl (C=O) groups is 1. The quantitative estimate of drug-likeness (QED) is 0.922. The summed E-state index contributed by atoms with van der Waals surface area (Å²) in [6.07, 6.45) is 3.40. The molecule has 0 radical (unpaired) electrons. The summed E-state index contributed by atoms with van der Waals surface area (Å²) in [5.41, 5.74) is 1.18. The van der Waals surface area contributed by atoms with Crippen molar-refractivity contribution in [2.75, 3.05) is 6.54 Å². The Hall–Kier alpha value is -1.55. The fourth-order valence-corrected chi connectivity index (χ4v) is 3.66. The molecule has 0 spiro atoms. The first-order chi connectivity index (χ1) is 9.75. The van der Waals surface area contributed by atoms with E-state index in [1.54, 1.807) is 4.90 Å². The number of likely N-dealkylation sites (tertiary alicyclic amines) is 1. The van der Waals surface area contributed by atoms with E-state index in [2.05, 4.69) is 12.1 Å². The Bertz CT molecular complexity index is 462. The molecular formula is C16H21NO3. The topological polar surface area (TPSA) is 49.8 Å². The molecule has 3 atom stereocenters. The Labute approximate surface area is 119 Å². The summed E-state index contributed by atoms with van der Waals surface area (Å²) in [6.45, 7) is 1.31. The number of benzene rings is 1. The minimum absolute atomic E-state index is 0.169. The maximum absolute atomic E-state index is 11.3. The predicted molar refractivity (Wildman–Crippen MR) is 75.5 cm³/mol. The fraction of sp³-hybridized carbons (Fsp3) is 0.562. The summed E-state index contributed by atoms with van der Waals surface area (Å²) in [5, 5.41) is 9.26. The smallest absolute Gasteiger partial charge is 0.407 e. The van der Waals surface area contributed by atoms with Crippen molar-refractivity contribution in [1.82, 2.24) is 4.90 Å². The molecule has 1 N–H and O–H groups in total. The van der Waals surface area contributed by atoms with E-state index in [9.17, 15) is 9.90 Å². The molecule has 1 aromatic carbocycles. The average molecular weight is 275 g/mol. The zero-order valence-corrected chi connectivity index (χ0v) is 11.6. The van der Waals surface area contributed by atoms with E-state index >= 15 is 0 Å². The van der Waals surface area contributed by atoms with Crippen molar-refractivity contribution in [3.8, 4) is 0 Å². The molecule has 3 rings (SSSR count). The van der Waals surface area contributed by atoms with Crippen LogP contribution >= 0.6 is 0 Å². The molecule has 1 amide bonds. The maximum atomic E-state index is 11.3. The monoisotopic (exact) mass is 275 g/mol. The van der Waals surface area contributed by atoms with Crippen molar-refractivity contribution in [3.63, 3.8) is 0 Å². The van der Waals surface area contributed by atoms with Crippen LogP contribution in [0.1, 0.15) is 31.2 Å². The molecule has 1 saturated heterocycles. The number of ether oxygens (including phenoxy) is 1. The van der Waals surface area contributed by atoms with E-state index in [1.807, 2.05) is 18.2 Å². The molecular weight excluding hydrogens is 254 g/mol. The molecule has 1 aliphatic carbocycles. The first-order valence-corrected chi connectivity index (χ1v) is 7.41. The van der Waals surface area contributed by atoms with Crippen LogP contribution in [-0.2, 0) is 11.3 Å². The van der Waals surface area contributed by atoms with Gasteiger partial charge in [-0.15, -0.1) is 0 Å². The minimum Gasteiger partial charge on any atom is -0.465 e. The van der Waals surface area contributed by atoms with Gasteiger partial charge in [0.25, 0.3) is 0 Å². The second-order valence-corrected chi connectivity index (χ2v) is 5.76. The molecule has 2 aliphatic rings. The molecule has 108 valence electrons. The zero-order chi connectivity index (χ0) is 13.9. The third-order valence-electron chi connectivity index (χ3n) is 4.61. The van der Waals surface area contributed by atoms with Gasteiger partial charge in [-0.25, -0.2) is 4.79 Å². The van der Waals surface area contributed by atoms with Gasteiger partial charge in [0.2, 0.25) is 0 Å². The van der Waals surface area contributed by atoms with Crippen molar-refractivity contribution in [3.05, 3.63) is 35.9 Å². The number of hydrogen-bond donors (Lipinski definition) is 1. The number of amides is 1. The van der Waals surface area contributed by atoms with Crippen LogP contribution in [0.25, 0.3) is 0 Å². The normalized spacial score (nSPS) is 29.2. The Morgan fingerprint density at radius 3 is 2.80 bits per heavy atom. The molecule has 4 heteroatoms. The van der Waals surface area contributed by atoms with Crippen molar-refractivity contribution in [2.45, 2.75) is 44.4 Å². The highest BCUT2D eigenvalue weighted by Gasteiger charge is 2.43. The van der Waals surface area contributed by atoms with Crippen LogP contribution in [0.3, 0.4) is 0 Å². The number of carboxylic acid groups (broad SMARTS) is 1. The van der Waals surface area contributed by atoms with Gasteiger partial charge in [0.1, 0.15) is 0 Å². The summed E-state index contributed by atoms with van der Waals surface area (Å²) in [5.74, 6) is 0.378. The van der Waals surface area contributed by atoms with E-state index < -0.39 is 6.09 Å². The average Bonchev–Trinajstić information content (AvgIpc) is 2.89. The molecule has 1 heterocycles. The van der Waals surface area contributed by atoms with Crippen LogP contribution in [0.2, 0.25) is 0 Å². The first kappa shape index (κ1) is 13.4. The number of hydrogen-bond acceptors (Lipinski definition) is 2. The number of fused-ring (bicyclic) bond motifs is 1. The molecule has 0 bridgehead atoms. The third-order valence-corrected chi connectivity index (χ3v) is 4.61. The molecule has 2 fully saturated rings.